The maximum absolute atomic E-state index is 5.84. The van der Waals surface area contributed by atoms with Crippen LogP contribution in [0.5, 0.6) is 0 Å². The summed E-state index contributed by atoms with van der Waals surface area (Å²) in [4.78, 5) is 8.53. The molecule has 0 spiro atoms. The summed E-state index contributed by atoms with van der Waals surface area (Å²) in [5.74, 6) is 2.55. The molecule has 5 heteroatoms. The van der Waals surface area contributed by atoms with E-state index in [1.165, 1.54) is 12.8 Å². The molecule has 0 aromatic carbocycles. The molecule has 1 aromatic heterocycles. The maximum Gasteiger partial charge on any atom is 0.131 e. The zero-order valence-electron chi connectivity index (χ0n) is 11.4. The van der Waals surface area contributed by atoms with Gasteiger partial charge < -0.3 is 15.4 Å². The highest BCUT2D eigenvalue weighted by Gasteiger charge is 2.40. The monoisotopic (exact) mass is 262 g/mol. The van der Waals surface area contributed by atoms with Gasteiger partial charge in [-0.05, 0) is 31.6 Å². The largest absolute Gasteiger partial charge is 0.376 e. The average Bonchev–Trinajstić information content (AvgIpc) is 3.18. The Hall–Kier alpha value is -1.36. The van der Waals surface area contributed by atoms with Crippen molar-refractivity contribution in [1.29, 1.82) is 0 Å². The first kappa shape index (κ1) is 12.7. The molecular weight excluding hydrogens is 240 g/mol. The minimum Gasteiger partial charge on any atom is -0.376 e. The van der Waals surface area contributed by atoms with E-state index in [0.29, 0.717) is 12.1 Å². The lowest BCUT2D eigenvalue weighted by atomic mass is 10.1. The highest BCUT2D eigenvalue weighted by atomic mass is 16.5. The highest BCUT2D eigenvalue weighted by molar-refractivity contribution is 5.47. The van der Waals surface area contributed by atoms with Gasteiger partial charge in [-0.25, -0.2) is 9.97 Å². The second kappa shape index (κ2) is 5.74. The number of hydrogen-bond acceptors (Lipinski definition) is 5. The molecule has 3 rings (SSSR count). The van der Waals surface area contributed by atoms with Crippen LogP contribution in [0.25, 0.3) is 0 Å². The molecule has 2 aliphatic rings. The highest BCUT2D eigenvalue weighted by Crippen LogP contribution is 2.39. The Balaban J connectivity index is 1.62. The van der Waals surface area contributed by atoms with E-state index in [4.69, 9.17) is 4.74 Å². The van der Waals surface area contributed by atoms with Gasteiger partial charge in [-0.1, -0.05) is 6.92 Å². The lowest BCUT2D eigenvalue weighted by Crippen LogP contribution is -2.31. The number of nitrogens with one attached hydrogen (secondary N) is 2. The molecule has 2 unspecified atom stereocenters. The van der Waals surface area contributed by atoms with Crippen molar-refractivity contribution in [2.75, 3.05) is 23.8 Å². The zero-order valence-corrected chi connectivity index (χ0v) is 11.4. The van der Waals surface area contributed by atoms with Gasteiger partial charge in [0.1, 0.15) is 18.0 Å². The number of ether oxygens (including phenoxy) is 1. The summed E-state index contributed by atoms with van der Waals surface area (Å²) >= 11 is 0. The van der Waals surface area contributed by atoms with E-state index >= 15 is 0 Å². The van der Waals surface area contributed by atoms with Crippen LogP contribution in [0.2, 0.25) is 0 Å². The maximum atomic E-state index is 5.84. The summed E-state index contributed by atoms with van der Waals surface area (Å²) in [6.45, 7) is 3.95. The third-order valence-corrected chi connectivity index (χ3v) is 3.78. The van der Waals surface area contributed by atoms with E-state index in [1.54, 1.807) is 6.33 Å². The molecule has 1 aromatic rings. The number of hydrogen-bond donors (Lipinski definition) is 2. The molecule has 5 nitrogen and oxygen atoms in total. The predicted molar refractivity (Wildman–Crippen MR) is 75.3 cm³/mol. The van der Waals surface area contributed by atoms with Crippen LogP contribution >= 0.6 is 0 Å². The fourth-order valence-corrected chi connectivity index (χ4v) is 2.63. The first-order chi connectivity index (χ1) is 9.36. The molecule has 2 N–H and O–H groups in total. The first-order valence-corrected chi connectivity index (χ1v) is 7.31. The summed E-state index contributed by atoms with van der Waals surface area (Å²) in [5, 5.41) is 6.80. The van der Waals surface area contributed by atoms with Crippen LogP contribution in [-0.2, 0) is 4.74 Å². The van der Waals surface area contributed by atoms with Gasteiger partial charge in [-0.15, -0.1) is 0 Å². The van der Waals surface area contributed by atoms with Crippen molar-refractivity contribution in [2.24, 2.45) is 5.92 Å². The van der Waals surface area contributed by atoms with E-state index in [1.807, 2.05) is 6.07 Å². The van der Waals surface area contributed by atoms with Crippen molar-refractivity contribution in [1.82, 2.24) is 9.97 Å². The van der Waals surface area contributed by atoms with Crippen LogP contribution in [0, 0.1) is 5.92 Å². The molecule has 2 fully saturated rings. The minimum absolute atomic E-state index is 0.377. The molecule has 0 radical (unpaired) electrons. The number of aromatic nitrogens is 2. The fraction of sp³-hybridized carbons (Fsp3) is 0.714. The van der Waals surface area contributed by atoms with E-state index in [9.17, 15) is 0 Å². The Morgan fingerprint density at radius 2 is 2.11 bits per heavy atom. The van der Waals surface area contributed by atoms with Crippen LogP contribution in [0.1, 0.15) is 32.6 Å². The van der Waals surface area contributed by atoms with Crippen molar-refractivity contribution in [3.63, 3.8) is 0 Å². The summed E-state index contributed by atoms with van der Waals surface area (Å²) in [6.07, 6.45) is 6.78. The van der Waals surface area contributed by atoms with Gasteiger partial charge in [0.05, 0.1) is 12.1 Å². The van der Waals surface area contributed by atoms with E-state index in [2.05, 4.69) is 27.5 Å². The number of nitrogens with zero attached hydrogens (tertiary/aromatic N) is 2. The Morgan fingerprint density at radius 3 is 2.89 bits per heavy atom. The lowest BCUT2D eigenvalue weighted by Gasteiger charge is -2.20. The Morgan fingerprint density at radius 1 is 1.26 bits per heavy atom. The minimum atomic E-state index is 0.377. The topological polar surface area (TPSA) is 59.1 Å². The first-order valence-electron chi connectivity index (χ1n) is 7.31. The number of anilines is 2. The van der Waals surface area contributed by atoms with Gasteiger partial charge in [0.25, 0.3) is 0 Å². The van der Waals surface area contributed by atoms with Crippen LogP contribution in [0.4, 0.5) is 11.6 Å². The summed E-state index contributed by atoms with van der Waals surface area (Å²) in [5.41, 5.74) is 0. The molecule has 0 bridgehead atoms. The molecule has 104 valence electrons. The Bertz CT molecular complexity index is 422. The smallest absolute Gasteiger partial charge is 0.131 e. The predicted octanol–water partition coefficient (Wildman–Crippen LogP) is 2.28. The van der Waals surface area contributed by atoms with Crippen LogP contribution in [0.3, 0.4) is 0 Å². The van der Waals surface area contributed by atoms with E-state index in [0.717, 1.165) is 43.5 Å². The van der Waals surface area contributed by atoms with E-state index in [-0.39, 0.29) is 0 Å². The lowest BCUT2D eigenvalue weighted by molar-refractivity contribution is 0.0898. The molecule has 1 saturated carbocycles. The SMILES string of the molecule is CCCNc1cc(NC2CCOC2C2CC2)ncn1. The van der Waals surface area contributed by atoms with Crippen molar-refractivity contribution < 1.29 is 4.74 Å². The fourth-order valence-electron chi connectivity index (χ4n) is 2.63. The van der Waals surface area contributed by atoms with Gasteiger partial charge in [0.2, 0.25) is 0 Å². The van der Waals surface area contributed by atoms with Gasteiger partial charge >= 0.3 is 0 Å². The molecule has 2 heterocycles. The van der Waals surface area contributed by atoms with Crippen molar-refractivity contribution in [3.8, 4) is 0 Å². The second-order valence-electron chi connectivity index (χ2n) is 5.43. The van der Waals surface area contributed by atoms with Crippen LogP contribution in [-0.4, -0.2) is 35.3 Å². The summed E-state index contributed by atoms with van der Waals surface area (Å²) in [6, 6.07) is 2.39. The van der Waals surface area contributed by atoms with Gasteiger partial charge in [0.15, 0.2) is 0 Å². The summed E-state index contributed by atoms with van der Waals surface area (Å²) < 4.78 is 5.84. The standard InChI is InChI=1S/C14H22N4O/c1-2-6-15-12-8-13(17-9-16-12)18-11-5-7-19-14(11)10-3-4-10/h8-11,14H,2-7H2,1H3,(H2,15,16,17,18). The third-order valence-electron chi connectivity index (χ3n) is 3.78. The van der Waals surface area contributed by atoms with E-state index < -0.39 is 0 Å². The van der Waals surface area contributed by atoms with Gasteiger partial charge in [0, 0.05) is 19.2 Å². The zero-order chi connectivity index (χ0) is 13.1. The molecule has 1 aliphatic heterocycles. The van der Waals surface area contributed by atoms with Crippen LogP contribution in [0.15, 0.2) is 12.4 Å². The molecule has 1 aliphatic carbocycles. The van der Waals surface area contributed by atoms with Crippen molar-refractivity contribution >= 4 is 11.6 Å². The summed E-state index contributed by atoms with van der Waals surface area (Å²) in [7, 11) is 0. The van der Waals surface area contributed by atoms with Crippen molar-refractivity contribution in [2.45, 2.75) is 44.8 Å². The molecule has 19 heavy (non-hydrogen) atoms. The Kier molecular flexibility index (Phi) is 3.82. The second-order valence-corrected chi connectivity index (χ2v) is 5.43. The Labute approximate surface area is 114 Å². The van der Waals surface area contributed by atoms with Gasteiger partial charge in [-0.3, -0.25) is 0 Å². The molecule has 2 atom stereocenters. The average molecular weight is 262 g/mol. The van der Waals surface area contributed by atoms with Crippen molar-refractivity contribution in [3.05, 3.63) is 12.4 Å². The number of rotatable bonds is 6. The normalized spacial score (nSPS) is 26.4. The molecule has 1 saturated heterocycles. The molecular formula is C14H22N4O. The van der Waals surface area contributed by atoms with Gasteiger partial charge in [-0.2, -0.15) is 0 Å². The van der Waals surface area contributed by atoms with Crippen LogP contribution < -0.4 is 10.6 Å². The molecule has 0 amide bonds. The quantitative estimate of drug-likeness (QED) is 0.823. The third kappa shape index (κ3) is 3.15.